The molecule has 2 aromatic rings. The standard InChI is InChI=1S/C14H15BrN2OS/c1-2-18-11-17(13-7-5-6-12(15)10-13)19-14-8-3-4-9-16-14/h3-10H,2,11H2,1H3. The Hall–Kier alpha value is -1.04. The molecule has 2 rings (SSSR count). The largest absolute Gasteiger partial charge is 0.360 e. The number of aromatic nitrogens is 1. The molecule has 0 amide bonds. The third kappa shape index (κ3) is 4.53. The summed E-state index contributed by atoms with van der Waals surface area (Å²) >= 11 is 5.06. The molecule has 1 heterocycles. The highest BCUT2D eigenvalue weighted by atomic mass is 79.9. The quantitative estimate of drug-likeness (QED) is 0.577. The fourth-order valence-electron chi connectivity index (χ4n) is 1.47. The lowest BCUT2D eigenvalue weighted by Gasteiger charge is -2.22. The molecule has 19 heavy (non-hydrogen) atoms. The normalized spacial score (nSPS) is 10.4. The molecule has 0 saturated heterocycles. The van der Waals surface area contributed by atoms with Crippen LogP contribution in [-0.2, 0) is 4.74 Å². The molecule has 0 spiro atoms. The van der Waals surface area contributed by atoms with Crippen molar-refractivity contribution in [1.29, 1.82) is 0 Å². The lowest BCUT2D eigenvalue weighted by atomic mass is 10.3. The highest BCUT2D eigenvalue weighted by Gasteiger charge is 2.09. The van der Waals surface area contributed by atoms with Crippen molar-refractivity contribution in [3.8, 4) is 0 Å². The number of hydrogen-bond acceptors (Lipinski definition) is 4. The van der Waals surface area contributed by atoms with Crippen LogP contribution in [0.3, 0.4) is 0 Å². The molecule has 1 aromatic carbocycles. The Balaban J connectivity index is 2.16. The second-order valence-electron chi connectivity index (χ2n) is 3.74. The smallest absolute Gasteiger partial charge is 0.129 e. The molecule has 0 radical (unpaired) electrons. The number of hydrogen-bond donors (Lipinski definition) is 0. The average molecular weight is 339 g/mol. The van der Waals surface area contributed by atoms with Crippen LogP contribution in [0.15, 0.2) is 58.2 Å². The van der Waals surface area contributed by atoms with Crippen molar-refractivity contribution < 1.29 is 4.74 Å². The first kappa shape index (κ1) is 14.4. The van der Waals surface area contributed by atoms with Gasteiger partial charge in [-0.2, -0.15) is 0 Å². The van der Waals surface area contributed by atoms with Gasteiger partial charge in [-0.1, -0.05) is 28.1 Å². The monoisotopic (exact) mass is 338 g/mol. The van der Waals surface area contributed by atoms with Gasteiger partial charge in [0.25, 0.3) is 0 Å². The Kier molecular flexibility index (Phi) is 5.69. The van der Waals surface area contributed by atoms with Crippen LogP contribution in [0.4, 0.5) is 5.69 Å². The summed E-state index contributed by atoms with van der Waals surface area (Å²) < 4.78 is 8.65. The van der Waals surface area contributed by atoms with Gasteiger partial charge in [0.05, 0.1) is 5.69 Å². The van der Waals surface area contributed by atoms with E-state index in [9.17, 15) is 0 Å². The number of ether oxygens (including phenoxy) is 1. The summed E-state index contributed by atoms with van der Waals surface area (Å²) in [5, 5.41) is 0.946. The van der Waals surface area contributed by atoms with Crippen molar-refractivity contribution in [3.05, 3.63) is 53.1 Å². The zero-order chi connectivity index (χ0) is 13.5. The molecule has 0 atom stereocenters. The summed E-state index contributed by atoms with van der Waals surface area (Å²) in [6.45, 7) is 3.20. The Morgan fingerprint density at radius 2 is 2.16 bits per heavy atom. The van der Waals surface area contributed by atoms with Gasteiger partial charge >= 0.3 is 0 Å². The van der Waals surface area contributed by atoms with Crippen LogP contribution in [-0.4, -0.2) is 18.3 Å². The van der Waals surface area contributed by atoms with Gasteiger partial charge in [-0.25, -0.2) is 4.98 Å². The van der Waals surface area contributed by atoms with Gasteiger partial charge < -0.3 is 4.74 Å². The van der Waals surface area contributed by atoms with Crippen LogP contribution in [0.5, 0.6) is 0 Å². The first-order valence-corrected chi connectivity index (χ1v) is 7.56. The van der Waals surface area contributed by atoms with Crippen molar-refractivity contribution in [1.82, 2.24) is 4.98 Å². The van der Waals surface area contributed by atoms with Crippen LogP contribution < -0.4 is 4.31 Å². The molecule has 0 aliphatic carbocycles. The molecule has 0 unspecified atom stereocenters. The van der Waals surface area contributed by atoms with Crippen molar-refractivity contribution in [2.24, 2.45) is 0 Å². The van der Waals surface area contributed by atoms with E-state index in [0.717, 1.165) is 15.2 Å². The van der Waals surface area contributed by atoms with E-state index in [1.54, 1.807) is 18.1 Å². The first-order valence-electron chi connectivity index (χ1n) is 5.99. The minimum atomic E-state index is 0.522. The van der Waals surface area contributed by atoms with E-state index in [-0.39, 0.29) is 0 Å². The van der Waals surface area contributed by atoms with Gasteiger partial charge in [0.2, 0.25) is 0 Å². The molecule has 0 aliphatic heterocycles. The summed E-state index contributed by atoms with van der Waals surface area (Å²) in [6.07, 6.45) is 1.79. The van der Waals surface area contributed by atoms with Gasteiger partial charge in [-0.15, -0.1) is 0 Å². The van der Waals surface area contributed by atoms with Crippen molar-refractivity contribution >= 4 is 33.6 Å². The fourth-order valence-corrected chi connectivity index (χ4v) is 2.68. The van der Waals surface area contributed by atoms with E-state index in [1.165, 1.54) is 0 Å². The highest BCUT2D eigenvalue weighted by molar-refractivity contribution is 9.10. The third-order valence-corrected chi connectivity index (χ3v) is 3.81. The predicted octanol–water partition coefficient (Wildman–Crippen LogP) is 4.35. The highest BCUT2D eigenvalue weighted by Crippen LogP contribution is 2.29. The lowest BCUT2D eigenvalue weighted by molar-refractivity contribution is 0.159. The maximum absolute atomic E-state index is 5.52. The minimum absolute atomic E-state index is 0.522. The van der Waals surface area contributed by atoms with E-state index >= 15 is 0 Å². The van der Waals surface area contributed by atoms with Gasteiger partial charge in [0, 0.05) is 29.2 Å². The molecular formula is C14H15BrN2OS. The second-order valence-corrected chi connectivity index (χ2v) is 5.70. The molecule has 0 bridgehead atoms. The van der Waals surface area contributed by atoms with Crippen LogP contribution in [0.1, 0.15) is 6.92 Å². The number of pyridine rings is 1. The Labute approximate surface area is 126 Å². The molecule has 0 saturated carbocycles. The summed E-state index contributed by atoms with van der Waals surface area (Å²) in [5.74, 6) is 0. The Bertz CT molecular complexity index is 510. The lowest BCUT2D eigenvalue weighted by Crippen LogP contribution is -2.18. The Morgan fingerprint density at radius 1 is 1.26 bits per heavy atom. The van der Waals surface area contributed by atoms with Gasteiger partial charge in [0.15, 0.2) is 0 Å². The van der Waals surface area contributed by atoms with E-state index < -0.39 is 0 Å². The van der Waals surface area contributed by atoms with Crippen LogP contribution in [0.25, 0.3) is 0 Å². The SMILES string of the molecule is CCOCN(Sc1ccccn1)c1cccc(Br)c1. The second kappa shape index (κ2) is 7.53. The molecule has 100 valence electrons. The summed E-state index contributed by atoms with van der Waals surface area (Å²) in [4.78, 5) is 4.33. The molecule has 3 nitrogen and oxygen atoms in total. The van der Waals surface area contributed by atoms with Crippen LogP contribution in [0.2, 0.25) is 0 Å². The third-order valence-electron chi connectivity index (χ3n) is 2.35. The number of nitrogens with zero attached hydrogens (tertiary/aromatic N) is 2. The summed E-state index contributed by atoms with van der Waals surface area (Å²) in [7, 11) is 0. The molecular weight excluding hydrogens is 324 g/mol. The maximum Gasteiger partial charge on any atom is 0.129 e. The van der Waals surface area contributed by atoms with Crippen molar-refractivity contribution in [2.45, 2.75) is 11.9 Å². The molecule has 1 aromatic heterocycles. The molecule has 5 heteroatoms. The zero-order valence-electron chi connectivity index (χ0n) is 10.6. The minimum Gasteiger partial charge on any atom is -0.360 e. The van der Waals surface area contributed by atoms with E-state index in [2.05, 4.69) is 37.4 Å². The van der Waals surface area contributed by atoms with Gasteiger partial charge in [-0.05, 0) is 37.3 Å². The van der Waals surface area contributed by atoms with Gasteiger partial charge in [0.1, 0.15) is 11.8 Å². The van der Waals surface area contributed by atoms with E-state index in [4.69, 9.17) is 4.74 Å². The van der Waals surface area contributed by atoms with Crippen molar-refractivity contribution in [2.75, 3.05) is 17.6 Å². The zero-order valence-corrected chi connectivity index (χ0v) is 13.0. The summed E-state index contributed by atoms with van der Waals surface area (Å²) in [5.41, 5.74) is 1.08. The van der Waals surface area contributed by atoms with E-state index in [0.29, 0.717) is 13.3 Å². The molecule has 0 fully saturated rings. The van der Waals surface area contributed by atoms with Crippen LogP contribution in [0, 0.1) is 0 Å². The number of anilines is 1. The molecule has 0 N–H and O–H groups in total. The maximum atomic E-state index is 5.52. The number of halogens is 1. The summed E-state index contributed by atoms with van der Waals surface area (Å²) in [6, 6.07) is 14.0. The topological polar surface area (TPSA) is 25.4 Å². The predicted molar refractivity (Wildman–Crippen MR) is 83.2 cm³/mol. The molecule has 0 aliphatic rings. The average Bonchev–Trinajstić information content (AvgIpc) is 2.44. The van der Waals surface area contributed by atoms with Crippen LogP contribution >= 0.6 is 27.9 Å². The van der Waals surface area contributed by atoms with Crippen molar-refractivity contribution in [3.63, 3.8) is 0 Å². The fraction of sp³-hybridized carbons (Fsp3) is 0.214. The first-order chi connectivity index (χ1) is 9.29. The number of rotatable bonds is 6. The number of benzene rings is 1. The van der Waals surface area contributed by atoms with E-state index in [1.807, 2.05) is 37.3 Å². The Morgan fingerprint density at radius 3 is 2.84 bits per heavy atom. The van der Waals surface area contributed by atoms with Gasteiger partial charge in [-0.3, -0.25) is 4.31 Å².